The molecule has 1 aliphatic heterocycles. The molecule has 4 nitrogen and oxygen atoms in total. The predicted octanol–water partition coefficient (Wildman–Crippen LogP) is 0.0388. The number of nitrogens with zero attached hydrogens (tertiary/aromatic N) is 1. The predicted molar refractivity (Wildman–Crippen MR) is 50.8 cm³/mol. The van der Waals surface area contributed by atoms with Crippen LogP contribution in [0.25, 0.3) is 0 Å². The second-order valence-corrected chi connectivity index (χ2v) is 5.82. The molecule has 0 aromatic carbocycles. The number of aliphatic hydroxyl groups is 1. The van der Waals surface area contributed by atoms with Crippen LogP contribution in [-0.2, 0) is 10.0 Å². The number of hydrogen-bond acceptors (Lipinski definition) is 3. The van der Waals surface area contributed by atoms with Crippen molar-refractivity contribution in [3.63, 3.8) is 0 Å². The number of hydrogen-bond donors (Lipinski definition) is 1. The van der Waals surface area contributed by atoms with Crippen molar-refractivity contribution < 1.29 is 13.5 Å². The number of sulfonamides is 1. The van der Waals surface area contributed by atoms with Crippen molar-refractivity contribution in [2.24, 2.45) is 5.92 Å². The summed E-state index contributed by atoms with van der Waals surface area (Å²) in [7, 11) is -3.07. The molecule has 0 spiro atoms. The van der Waals surface area contributed by atoms with Crippen LogP contribution in [0.1, 0.15) is 20.3 Å². The number of aliphatic hydroxyl groups excluding tert-OH is 1. The third-order valence-electron chi connectivity index (χ3n) is 2.46. The van der Waals surface area contributed by atoms with Gasteiger partial charge in [-0.15, -0.1) is 0 Å². The van der Waals surface area contributed by atoms with Gasteiger partial charge in [0.2, 0.25) is 10.0 Å². The SMILES string of the molecule is CC(C)[C@H](CO)N1CCCS1(=O)=O. The average Bonchev–Trinajstić information content (AvgIpc) is 2.32. The molecule has 1 fully saturated rings. The lowest BCUT2D eigenvalue weighted by atomic mass is 10.1. The third kappa shape index (κ3) is 2.21. The molecule has 0 aliphatic carbocycles. The molecule has 0 aromatic heterocycles. The molecule has 0 saturated carbocycles. The molecule has 0 radical (unpaired) electrons. The molecule has 1 N–H and O–H groups in total. The highest BCUT2D eigenvalue weighted by molar-refractivity contribution is 7.89. The summed E-state index contributed by atoms with van der Waals surface area (Å²) >= 11 is 0. The zero-order valence-corrected chi connectivity index (χ0v) is 8.92. The summed E-state index contributed by atoms with van der Waals surface area (Å²) in [5, 5.41) is 9.08. The Labute approximate surface area is 79.6 Å². The first-order valence-electron chi connectivity index (χ1n) is 4.59. The lowest BCUT2D eigenvalue weighted by Gasteiger charge is -2.27. The topological polar surface area (TPSA) is 57.6 Å². The van der Waals surface area contributed by atoms with Crippen molar-refractivity contribution in [3.8, 4) is 0 Å². The number of rotatable bonds is 3. The van der Waals surface area contributed by atoms with E-state index in [-0.39, 0.29) is 24.3 Å². The zero-order valence-electron chi connectivity index (χ0n) is 8.10. The van der Waals surface area contributed by atoms with Gasteiger partial charge in [0.05, 0.1) is 18.4 Å². The van der Waals surface area contributed by atoms with Crippen LogP contribution in [0.15, 0.2) is 0 Å². The first-order chi connectivity index (χ1) is 5.99. The molecule has 0 unspecified atom stereocenters. The van der Waals surface area contributed by atoms with E-state index in [0.29, 0.717) is 13.0 Å². The van der Waals surface area contributed by atoms with Gasteiger partial charge in [0, 0.05) is 6.54 Å². The minimum atomic E-state index is -3.07. The molecule has 13 heavy (non-hydrogen) atoms. The fraction of sp³-hybridized carbons (Fsp3) is 1.00. The van der Waals surface area contributed by atoms with Gasteiger partial charge >= 0.3 is 0 Å². The minimum absolute atomic E-state index is 0.0864. The molecule has 1 heterocycles. The molecular formula is C8H17NO3S. The highest BCUT2D eigenvalue weighted by Gasteiger charge is 2.35. The average molecular weight is 207 g/mol. The van der Waals surface area contributed by atoms with Gasteiger partial charge in [0.25, 0.3) is 0 Å². The Hall–Kier alpha value is -0.130. The van der Waals surface area contributed by atoms with Crippen molar-refractivity contribution in [2.45, 2.75) is 26.3 Å². The van der Waals surface area contributed by atoms with Crippen LogP contribution in [-0.4, -0.2) is 42.8 Å². The maximum absolute atomic E-state index is 11.5. The van der Waals surface area contributed by atoms with E-state index in [9.17, 15) is 8.42 Å². The molecule has 78 valence electrons. The van der Waals surface area contributed by atoms with E-state index in [0.717, 1.165) is 0 Å². The highest BCUT2D eigenvalue weighted by atomic mass is 32.2. The second kappa shape index (κ2) is 3.94. The smallest absolute Gasteiger partial charge is 0.214 e. The first-order valence-corrected chi connectivity index (χ1v) is 6.20. The van der Waals surface area contributed by atoms with E-state index in [1.165, 1.54) is 4.31 Å². The van der Waals surface area contributed by atoms with Gasteiger partial charge in [0.15, 0.2) is 0 Å². The van der Waals surface area contributed by atoms with Gasteiger partial charge in [0.1, 0.15) is 0 Å². The summed E-state index contributed by atoms with van der Waals surface area (Å²) in [4.78, 5) is 0. The monoisotopic (exact) mass is 207 g/mol. The molecule has 1 rings (SSSR count). The molecule has 0 aromatic rings. The highest BCUT2D eigenvalue weighted by Crippen LogP contribution is 2.21. The van der Waals surface area contributed by atoms with Gasteiger partial charge in [-0.2, -0.15) is 4.31 Å². The van der Waals surface area contributed by atoms with Crippen LogP contribution >= 0.6 is 0 Å². The summed E-state index contributed by atoms with van der Waals surface area (Å²) in [5.41, 5.74) is 0. The Morgan fingerprint density at radius 2 is 2.08 bits per heavy atom. The quantitative estimate of drug-likeness (QED) is 0.711. The maximum Gasteiger partial charge on any atom is 0.214 e. The minimum Gasteiger partial charge on any atom is -0.395 e. The Kier molecular flexibility index (Phi) is 3.32. The van der Waals surface area contributed by atoms with Crippen LogP contribution in [0, 0.1) is 5.92 Å². The largest absolute Gasteiger partial charge is 0.395 e. The van der Waals surface area contributed by atoms with E-state index < -0.39 is 10.0 Å². The van der Waals surface area contributed by atoms with E-state index >= 15 is 0 Å². The van der Waals surface area contributed by atoms with Crippen molar-refractivity contribution >= 4 is 10.0 Å². The van der Waals surface area contributed by atoms with Crippen LogP contribution in [0.2, 0.25) is 0 Å². The third-order valence-corrected chi connectivity index (χ3v) is 4.44. The molecule has 0 amide bonds. The van der Waals surface area contributed by atoms with Gasteiger partial charge in [-0.3, -0.25) is 0 Å². The van der Waals surface area contributed by atoms with Crippen LogP contribution < -0.4 is 0 Å². The normalized spacial score (nSPS) is 25.2. The fourth-order valence-electron chi connectivity index (χ4n) is 1.67. The maximum atomic E-state index is 11.5. The summed E-state index contributed by atoms with van der Waals surface area (Å²) in [6.45, 7) is 4.33. The second-order valence-electron chi connectivity index (χ2n) is 3.77. The summed E-state index contributed by atoms with van der Waals surface area (Å²) in [5.74, 6) is 0.397. The van der Waals surface area contributed by atoms with Gasteiger partial charge in [-0.1, -0.05) is 13.8 Å². The van der Waals surface area contributed by atoms with Crippen molar-refractivity contribution in [2.75, 3.05) is 18.9 Å². The van der Waals surface area contributed by atoms with Crippen molar-refractivity contribution in [1.82, 2.24) is 4.31 Å². The summed E-state index contributed by atoms with van der Waals surface area (Å²) in [6, 6.07) is -0.243. The van der Waals surface area contributed by atoms with Gasteiger partial charge in [-0.05, 0) is 12.3 Å². The zero-order chi connectivity index (χ0) is 10.1. The summed E-state index contributed by atoms with van der Waals surface area (Å²) < 4.78 is 24.4. The van der Waals surface area contributed by atoms with E-state index in [1.54, 1.807) is 0 Å². The summed E-state index contributed by atoms with van der Waals surface area (Å²) in [6.07, 6.45) is 0.686. The van der Waals surface area contributed by atoms with Crippen LogP contribution in [0.4, 0.5) is 0 Å². The first kappa shape index (κ1) is 10.9. The van der Waals surface area contributed by atoms with Crippen molar-refractivity contribution in [3.05, 3.63) is 0 Å². The van der Waals surface area contributed by atoms with Gasteiger partial charge < -0.3 is 5.11 Å². The molecule has 1 aliphatic rings. The Morgan fingerprint density at radius 3 is 2.38 bits per heavy atom. The molecule has 1 saturated heterocycles. The van der Waals surface area contributed by atoms with Crippen molar-refractivity contribution in [1.29, 1.82) is 0 Å². The lowest BCUT2D eigenvalue weighted by Crippen LogP contribution is -2.42. The molecule has 5 heteroatoms. The molecule has 1 atom stereocenters. The standard InChI is InChI=1S/C8H17NO3S/c1-7(2)8(6-10)9-4-3-5-13(9,11)12/h7-8,10H,3-6H2,1-2H3/t8-/m0/s1. The van der Waals surface area contributed by atoms with E-state index in [1.807, 2.05) is 13.8 Å². The van der Waals surface area contributed by atoms with E-state index in [2.05, 4.69) is 0 Å². The lowest BCUT2D eigenvalue weighted by molar-refractivity contribution is 0.158. The van der Waals surface area contributed by atoms with Gasteiger partial charge in [-0.25, -0.2) is 8.42 Å². The Bertz CT molecular complexity index is 261. The Balaban J connectivity index is 2.80. The Morgan fingerprint density at radius 1 is 1.46 bits per heavy atom. The molecule has 0 bridgehead atoms. The van der Waals surface area contributed by atoms with E-state index in [4.69, 9.17) is 5.11 Å². The van der Waals surface area contributed by atoms with Crippen LogP contribution in [0.3, 0.4) is 0 Å². The molecular weight excluding hydrogens is 190 g/mol. The fourth-order valence-corrected chi connectivity index (χ4v) is 3.52. The van der Waals surface area contributed by atoms with Crippen LogP contribution in [0.5, 0.6) is 0 Å².